The number of nitrogens with one attached hydrogen (secondary N) is 1. The lowest BCUT2D eigenvalue weighted by Crippen LogP contribution is -2.22. The van der Waals surface area contributed by atoms with Crippen molar-refractivity contribution in [1.29, 1.82) is 0 Å². The van der Waals surface area contributed by atoms with E-state index in [1.165, 1.54) is 4.88 Å². The molecule has 0 atom stereocenters. The number of thiophene rings is 1. The van der Waals surface area contributed by atoms with Gasteiger partial charge in [0.05, 0.1) is 18.5 Å². The maximum atomic E-state index is 5.68. The highest BCUT2D eigenvalue weighted by Crippen LogP contribution is 2.12. The summed E-state index contributed by atoms with van der Waals surface area (Å²) in [5.74, 6) is 0.838. The second kappa shape index (κ2) is 7.26. The fourth-order valence-electron chi connectivity index (χ4n) is 1.63. The van der Waals surface area contributed by atoms with Gasteiger partial charge in [-0.05, 0) is 23.6 Å². The molecule has 0 unspecified atom stereocenters. The number of nitrogens with zero attached hydrogens (tertiary/aromatic N) is 1. The standard InChI is InChI=1S/C15H20N2OS/c1-12(2)16-10-13-5-6-14(11-17-13)18-8-7-15-4-3-9-19-15/h3-6,9,11-12,16H,7-8,10H2,1-2H3. The first-order valence-electron chi connectivity index (χ1n) is 6.57. The molecule has 0 spiro atoms. The van der Waals surface area contributed by atoms with E-state index in [1.54, 1.807) is 17.5 Å². The van der Waals surface area contributed by atoms with Crippen LogP contribution >= 0.6 is 11.3 Å². The molecule has 2 aromatic rings. The molecule has 0 aliphatic carbocycles. The second-order valence-electron chi connectivity index (χ2n) is 4.70. The van der Waals surface area contributed by atoms with Crippen LogP contribution in [-0.2, 0) is 13.0 Å². The SMILES string of the molecule is CC(C)NCc1ccc(OCCc2cccs2)cn1. The minimum Gasteiger partial charge on any atom is -0.492 e. The van der Waals surface area contributed by atoms with E-state index in [2.05, 4.69) is 41.7 Å². The summed E-state index contributed by atoms with van der Waals surface area (Å²) in [6.07, 6.45) is 2.75. The van der Waals surface area contributed by atoms with E-state index in [1.807, 2.05) is 12.1 Å². The molecule has 0 radical (unpaired) electrons. The van der Waals surface area contributed by atoms with Crippen LogP contribution < -0.4 is 10.1 Å². The van der Waals surface area contributed by atoms with Gasteiger partial charge < -0.3 is 10.1 Å². The van der Waals surface area contributed by atoms with Crippen LogP contribution in [0.25, 0.3) is 0 Å². The molecule has 0 saturated heterocycles. The number of pyridine rings is 1. The van der Waals surface area contributed by atoms with Gasteiger partial charge in [0.15, 0.2) is 0 Å². The molecule has 3 nitrogen and oxygen atoms in total. The van der Waals surface area contributed by atoms with Crippen molar-refractivity contribution >= 4 is 11.3 Å². The summed E-state index contributed by atoms with van der Waals surface area (Å²) in [4.78, 5) is 5.73. The topological polar surface area (TPSA) is 34.1 Å². The molecule has 0 saturated carbocycles. The van der Waals surface area contributed by atoms with Gasteiger partial charge in [0, 0.05) is 23.9 Å². The average Bonchev–Trinajstić information content (AvgIpc) is 2.91. The van der Waals surface area contributed by atoms with Gasteiger partial charge in [0.2, 0.25) is 0 Å². The van der Waals surface area contributed by atoms with Gasteiger partial charge in [-0.1, -0.05) is 19.9 Å². The Balaban J connectivity index is 1.75. The minimum absolute atomic E-state index is 0.475. The van der Waals surface area contributed by atoms with Crippen molar-refractivity contribution in [2.24, 2.45) is 0 Å². The Morgan fingerprint density at radius 3 is 2.84 bits per heavy atom. The summed E-state index contributed by atoms with van der Waals surface area (Å²) in [5, 5.41) is 5.43. The third-order valence-corrected chi connectivity index (χ3v) is 3.62. The Bertz CT molecular complexity index is 465. The molecule has 2 rings (SSSR count). The lowest BCUT2D eigenvalue weighted by molar-refractivity contribution is 0.321. The van der Waals surface area contributed by atoms with E-state index in [0.717, 1.165) is 24.4 Å². The van der Waals surface area contributed by atoms with E-state index in [0.29, 0.717) is 12.6 Å². The summed E-state index contributed by atoms with van der Waals surface area (Å²) in [6.45, 7) is 5.75. The highest BCUT2D eigenvalue weighted by molar-refractivity contribution is 7.09. The third-order valence-electron chi connectivity index (χ3n) is 2.69. The van der Waals surface area contributed by atoms with Crippen LogP contribution in [0.4, 0.5) is 0 Å². The van der Waals surface area contributed by atoms with Gasteiger partial charge in [-0.2, -0.15) is 0 Å². The molecule has 102 valence electrons. The Kier molecular flexibility index (Phi) is 5.36. The van der Waals surface area contributed by atoms with Crippen LogP contribution in [-0.4, -0.2) is 17.6 Å². The smallest absolute Gasteiger partial charge is 0.137 e. The fourth-order valence-corrected chi connectivity index (χ4v) is 2.32. The lowest BCUT2D eigenvalue weighted by atomic mass is 10.3. The first-order valence-corrected chi connectivity index (χ1v) is 7.45. The van der Waals surface area contributed by atoms with Crippen molar-refractivity contribution in [1.82, 2.24) is 10.3 Å². The van der Waals surface area contributed by atoms with Crippen molar-refractivity contribution < 1.29 is 4.74 Å². The van der Waals surface area contributed by atoms with E-state index >= 15 is 0 Å². The average molecular weight is 276 g/mol. The molecule has 0 aromatic carbocycles. The quantitative estimate of drug-likeness (QED) is 0.843. The van der Waals surface area contributed by atoms with Crippen molar-refractivity contribution in [3.63, 3.8) is 0 Å². The first kappa shape index (κ1) is 14.0. The number of aromatic nitrogens is 1. The van der Waals surface area contributed by atoms with E-state index < -0.39 is 0 Å². The lowest BCUT2D eigenvalue weighted by Gasteiger charge is -2.08. The van der Waals surface area contributed by atoms with Gasteiger partial charge in [-0.3, -0.25) is 4.98 Å². The zero-order valence-corrected chi connectivity index (χ0v) is 12.2. The summed E-state index contributed by atoms with van der Waals surface area (Å²) >= 11 is 1.77. The molecule has 0 bridgehead atoms. The van der Waals surface area contributed by atoms with Crippen molar-refractivity contribution in [3.8, 4) is 5.75 Å². The van der Waals surface area contributed by atoms with Crippen LogP contribution in [0.3, 0.4) is 0 Å². The number of rotatable bonds is 7. The molecule has 4 heteroatoms. The molecule has 0 amide bonds. The summed E-state index contributed by atoms with van der Waals surface area (Å²) in [7, 11) is 0. The van der Waals surface area contributed by atoms with Crippen LogP contribution in [0, 0.1) is 0 Å². The molecule has 2 aromatic heterocycles. The first-order chi connectivity index (χ1) is 9.24. The van der Waals surface area contributed by atoms with Crippen molar-refractivity contribution in [3.05, 3.63) is 46.4 Å². The van der Waals surface area contributed by atoms with E-state index in [9.17, 15) is 0 Å². The Hall–Kier alpha value is -1.39. The van der Waals surface area contributed by atoms with E-state index in [-0.39, 0.29) is 0 Å². The molecule has 0 aliphatic heterocycles. The molecular formula is C15H20N2OS. The predicted molar refractivity (Wildman–Crippen MR) is 79.7 cm³/mol. The Morgan fingerprint density at radius 1 is 1.32 bits per heavy atom. The molecular weight excluding hydrogens is 256 g/mol. The van der Waals surface area contributed by atoms with Crippen LogP contribution in [0.1, 0.15) is 24.4 Å². The molecule has 0 fully saturated rings. The molecule has 0 aliphatic rings. The molecule has 19 heavy (non-hydrogen) atoms. The van der Waals surface area contributed by atoms with Crippen molar-refractivity contribution in [2.45, 2.75) is 32.9 Å². The largest absolute Gasteiger partial charge is 0.492 e. The van der Waals surface area contributed by atoms with E-state index in [4.69, 9.17) is 4.74 Å². The third kappa shape index (κ3) is 5.01. The maximum absolute atomic E-state index is 5.68. The number of ether oxygens (including phenoxy) is 1. The summed E-state index contributed by atoms with van der Waals surface area (Å²) in [5.41, 5.74) is 1.04. The van der Waals surface area contributed by atoms with Crippen LogP contribution in [0.15, 0.2) is 35.8 Å². The highest BCUT2D eigenvalue weighted by Gasteiger charge is 1.99. The van der Waals surface area contributed by atoms with Crippen molar-refractivity contribution in [2.75, 3.05) is 6.61 Å². The summed E-state index contributed by atoms with van der Waals surface area (Å²) in [6, 6.07) is 8.67. The fraction of sp³-hybridized carbons (Fsp3) is 0.400. The van der Waals surface area contributed by atoms with Crippen LogP contribution in [0.2, 0.25) is 0 Å². The Morgan fingerprint density at radius 2 is 2.21 bits per heavy atom. The van der Waals surface area contributed by atoms with Crippen LogP contribution in [0.5, 0.6) is 5.75 Å². The second-order valence-corrected chi connectivity index (χ2v) is 5.73. The molecule has 1 N–H and O–H groups in total. The monoisotopic (exact) mass is 276 g/mol. The zero-order valence-electron chi connectivity index (χ0n) is 11.4. The maximum Gasteiger partial charge on any atom is 0.137 e. The van der Waals surface area contributed by atoms with Gasteiger partial charge in [0.25, 0.3) is 0 Å². The number of hydrogen-bond acceptors (Lipinski definition) is 4. The minimum atomic E-state index is 0.475. The predicted octanol–water partition coefficient (Wildman–Crippen LogP) is 3.26. The zero-order chi connectivity index (χ0) is 13.5. The highest BCUT2D eigenvalue weighted by atomic mass is 32.1. The Labute approximate surface area is 118 Å². The summed E-state index contributed by atoms with van der Waals surface area (Å²) < 4.78 is 5.68. The normalized spacial score (nSPS) is 10.9. The van der Waals surface area contributed by atoms with Gasteiger partial charge in [-0.25, -0.2) is 0 Å². The number of hydrogen-bond donors (Lipinski definition) is 1. The van der Waals surface area contributed by atoms with Gasteiger partial charge >= 0.3 is 0 Å². The molecule has 2 heterocycles. The van der Waals surface area contributed by atoms with Gasteiger partial charge in [-0.15, -0.1) is 11.3 Å². The van der Waals surface area contributed by atoms with Gasteiger partial charge in [0.1, 0.15) is 5.75 Å².